The molecule has 184 valence electrons. The normalized spacial score (nSPS) is 10.7. The Bertz CT molecular complexity index is 1490. The number of pyridine rings is 1. The lowest BCUT2D eigenvalue weighted by atomic mass is 9.97. The number of thiophene rings is 1. The van der Waals surface area contributed by atoms with Crippen molar-refractivity contribution in [2.45, 2.75) is 13.8 Å². The summed E-state index contributed by atoms with van der Waals surface area (Å²) < 4.78 is 15.0. The molecule has 0 bridgehead atoms. The summed E-state index contributed by atoms with van der Waals surface area (Å²) >= 11 is 0.965. The van der Waals surface area contributed by atoms with Crippen molar-refractivity contribution < 1.29 is 28.6 Å². The third-order valence-electron chi connectivity index (χ3n) is 5.86. The minimum Gasteiger partial charge on any atom is -0.497 e. The van der Waals surface area contributed by atoms with Crippen LogP contribution in [0.25, 0.3) is 22.2 Å². The Morgan fingerprint density at radius 1 is 0.833 bits per heavy atom. The van der Waals surface area contributed by atoms with Gasteiger partial charge in [-0.15, -0.1) is 11.3 Å². The summed E-state index contributed by atoms with van der Waals surface area (Å²) in [5.41, 5.74) is 3.68. The van der Waals surface area contributed by atoms with Gasteiger partial charge in [-0.1, -0.05) is 18.2 Å². The molecule has 0 aliphatic heterocycles. The summed E-state index contributed by atoms with van der Waals surface area (Å²) in [4.78, 5) is 43.5. The van der Waals surface area contributed by atoms with Gasteiger partial charge in [-0.3, -0.25) is 4.79 Å². The molecule has 0 atom stereocenters. The number of carbonyl (C=O) groups is 3. The van der Waals surface area contributed by atoms with E-state index in [4.69, 9.17) is 19.2 Å². The van der Waals surface area contributed by atoms with Crippen molar-refractivity contribution in [1.29, 1.82) is 0 Å². The summed E-state index contributed by atoms with van der Waals surface area (Å²) in [5, 5.41) is 3.70. The van der Waals surface area contributed by atoms with Gasteiger partial charge in [0.1, 0.15) is 15.6 Å². The number of rotatable bonds is 6. The highest BCUT2D eigenvalue weighted by Gasteiger charge is 2.28. The van der Waals surface area contributed by atoms with Crippen LogP contribution < -0.4 is 10.1 Å². The smallest absolute Gasteiger partial charge is 0.348 e. The maximum atomic E-state index is 13.7. The molecule has 0 fully saturated rings. The zero-order chi connectivity index (χ0) is 26.0. The van der Waals surface area contributed by atoms with Crippen LogP contribution in [0.15, 0.2) is 48.5 Å². The summed E-state index contributed by atoms with van der Waals surface area (Å²) in [5.74, 6) is -0.997. The van der Waals surface area contributed by atoms with E-state index in [0.29, 0.717) is 39.0 Å². The van der Waals surface area contributed by atoms with E-state index in [2.05, 4.69) is 5.32 Å². The number of nitrogens with one attached hydrogen (secondary N) is 1. The Kier molecular flexibility index (Phi) is 7.03. The molecule has 2 aromatic carbocycles. The van der Waals surface area contributed by atoms with Crippen molar-refractivity contribution in [2.75, 3.05) is 26.6 Å². The predicted octanol–water partition coefficient (Wildman–Crippen LogP) is 5.41. The number of anilines is 1. The second-order valence-electron chi connectivity index (χ2n) is 7.90. The number of benzene rings is 2. The van der Waals surface area contributed by atoms with E-state index in [1.54, 1.807) is 14.0 Å². The molecule has 2 aromatic heterocycles. The van der Waals surface area contributed by atoms with Gasteiger partial charge in [0.15, 0.2) is 0 Å². The lowest BCUT2D eigenvalue weighted by Gasteiger charge is -2.15. The van der Waals surface area contributed by atoms with Crippen molar-refractivity contribution in [1.82, 2.24) is 4.98 Å². The first kappa shape index (κ1) is 24.9. The second-order valence-corrected chi connectivity index (χ2v) is 8.92. The maximum absolute atomic E-state index is 13.7. The van der Waals surface area contributed by atoms with Gasteiger partial charge in [-0.25, -0.2) is 14.6 Å². The average molecular weight is 505 g/mol. The van der Waals surface area contributed by atoms with Crippen LogP contribution in [-0.2, 0) is 9.47 Å². The number of ether oxygens (including phenoxy) is 3. The molecule has 2 heterocycles. The minimum atomic E-state index is -0.663. The first-order valence-electron chi connectivity index (χ1n) is 11.0. The SMILES string of the molecule is COC(=O)c1sc(NC(=O)c2c(C)c(-c3ccc(OC)cc3)nc3ccccc23)c(C(=O)OC)c1C. The molecule has 36 heavy (non-hydrogen) atoms. The lowest BCUT2D eigenvalue weighted by molar-refractivity contribution is 0.0601. The van der Waals surface area contributed by atoms with Crippen molar-refractivity contribution in [3.63, 3.8) is 0 Å². The molecule has 0 aliphatic rings. The molecule has 4 rings (SSSR count). The van der Waals surface area contributed by atoms with E-state index in [1.807, 2.05) is 55.5 Å². The van der Waals surface area contributed by atoms with Crippen molar-refractivity contribution >= 4 is 45.1 Å². The van der Waals surface area contributed by atoms with Crippen molar-refractivity contribution in [3.05, 3.63) is 75.7 Å². The van der Waals surface area contributed by atoms with Crippen molar-refractivity contribution in [2.24, 2.45) is 0 Å². The molecule has 1 amide bonds. The second kappa shape index (κ2) is 10.2. The van der Waals surface area contributed by atoms with Gasteiger partial charge in [-0.2, -0.15) is 0 Å². The van der Waals surface area contributed by atoms with Crippen LogP contribution in [0, 0.1) is 13.8 Å². The Balaban J connectivity index is 1.86. The number of aromatic nitrogens is 1. The van der Waals surface area contributed by atoms with E-state index in [1.165, 1.54) is 14.2 Å². The molecule has 8 nitrogen and oxygen atoms in total. The number of nitrogens with zero attached hydrogens (tertiary/aromatic N) is 1. The molecule has 4 aromatic rings. The van der Waals surface area contributed by atoms with Crippen molar-refractivity contribution in [3.8, 4) is 17.0 Å². The van der Waals surface area contributed by atoms with E-state index < -0.39 is 17.8 Å². The third kappa shape index (κ3) is 4.40. The van der Waals surface area contributed by atoms with E-state index in [-0.39, 0.29) is 15.4 Å². The fourth-order valence-electron chi connectivity index (χ4n) is 4.03. The zero-order valence-electron chi connectivity index (χ0n) is 20.4. The summed E-state index contributed by atoms with van der Waals surface area (Å²) in [7, 11) is 4.09. The fraction of sp³-hybridized carbons (Fsp3) is 0.185. The number of para-hydroxylation sites is 1. The van der Waals surface area contributed by atoms with E-state index in [9.17, 15) is 14.4 Å². The summed E-state index contributed by atoms with van der Waals surface area (Å²) in [6.45, 7) is 3.44. The number of esters is 2. The fourth-order valence-corrected chi connectivity index (χ4v) is 5.14. The summed E-state index contributed by atoms with van der Waals surface area (Å²) in [6, 6.07) is 14.8. The Hall–Kier alpha value is -4.24. The predicted molar refractivity (Wildman–Crippen MR) is 138 cm³/mol. The number of carbonyl (C=O) groups excluding carboxylic acids is 3. The van der Waals surface area contributed by atoms with Crippen LogP contribution in [0.1, 0.15) is 41.5 Å². The van der Waals surface area contributed by atoms with Crippen LogP contribution in [0.5, 0.6) is 5.75 Å². The Morgan fingerprint density at radius 3 is 2.14 bits per heavy atom. The number of methoxy groups -OCH3 is 3. The number of fused-ring (bicyclic) bond motifs is 1. The van der Waals surface area contributed by atoms with Gasteiger partial charge in [0, 0.05) is 10.9 Å². The first-order valence-corrected chi connectivity index (χ1v) is 11.8. The molecule has 0 unspecified atom stereocenters. The van der Waals surface area contributed by atoms with Gasteiger partial charge < -0.3 is 19.5 Å². The molecule has 0 saturated heterocycles. The minimum absolute atomic E-state index is 0.114. The van der Waals surface area contributed by atoms with Crippen LogP contribution in [0.4, 0.5) is 5.00 Å². The Labute approximate surface area is 211 Å². The molecular weight excluding hydrogens is 480 g/mol. The average Bonchev–Trinajstić information content (AvgIpc) is 3.22. The molecule has 0 saturated carbocycles. The lowest BCUT2D eigenvalue weighted by Crippen LogP contribution is -2.17. The summed E-state index contributed by atoms with van der Waals surface area (Å²) in [6.07, 6.45) is 0. The highest BCUT2D eigenvalue weighted by atomic mass is 32.1. The van der Waals surface area contributed by atoms with Gasteiger partial charge in [0.25, 0.3) is 5.91 Å². The van der Waals surface area contributed by atoms with Crippen LogP contribution >= 0.6 is 11.3 Å². The molecule has 1 N–H and O–H groups in total. The van der Waals surface area contributed by atoms with Crippen LogP contribution in [0.2, 0.25) is 0 Å². The highest BCUT2D eigenvalue weighted by molar-refractivity contribution is 7.18. The zero-order valence-corrected chi connectivity index (χ0v) is 21.2. The molecule has 9 heteroatoms. The molecule has 0 spiro atoms. The van der Waals surface area contributed by atoms with Gasteiger partial charge >= 0.3 is 11.9 Å². The maximum Gasteiger partial charge on any atom is 0.348 e. The van der Waals surface area contributed by atoms with Gasteiger partial charge in [-0.05, 0) is 55.3 Å². The highest BCUT2D eigenvalue weighted by Crippen LogP contribution is 2.36. The van der Waals surface area contributed by atoms with Crippen LogP contribution in [0.3, 0.4) is 0 Å². The number of amides is 1. The van der Waals surface area contributed by atoms with E-state index in [0.717, 1.165) is 16.9 Å². The monoisotopic (exact) mass is 504 g/mol. The van der Waals surface area contributed by atoms with Gasteiger partial charge in [0.05, 0.1) is 43.7 Å². The standard InChI is InChI=1S/C27H24N2O6S/c1-14-20(24(30)29-25-21(26(31)34-4)15(2)23(36-25)27(32)35-5)18-8-6-7-9-19(18)28-22(14)16-10-12-17(33-3)13-11-16/h6-13H,1-5H3,(H,29,30). The van der Waals surface area contributed by atoms with Crippen LogP contribution in [-0.4, -0.2) is 44.2 Å². The quantitative estimate of drug-likeness (QED) is 0.350. The first-order chi connectivity index (χ1) is 17.3. The number of hydrogen-bond donors (Lipinski definition) is 1. The molecule has 0 aliphatic carbocycles. The Morgan fingerprint density at radius 2 is 1.50 bits per heavy atom. The number of hydrogen-bond acceptors (Lipinski definition) is 8. The topological polar surface area (TPSA) is 104 Å². The van der Waals surface area contributed by atoms with Gasteiger partial charge in [0.2, 0.25) is 0 Å². The largest absolute Gasteiger partial charge is 0.497 e. The molecular formula is C27H24N2O6S. The third-order valence-corrected chi connectivity index (χ3v) is 7.05. The van der Waals surface area contributed by atoms with E-state index >= 15 is 0 Å². The molecule has 0 radical (unpaired) electrons.